The smallest absolute Gasteiger partial charge is 0.263 e. The molecule has 0 atom stereocenters. The van der Waals surface area contributed by atoms with Gasteiger partial charge in [0.2, 0.25) is 0 Å². The first-order chi connectivity index (χ1) is 12.7. The molecule has 0 aliphatic rings. The molecule has 0 aliphatic carbocycles. The lowest BCUT2D eigenvalue weighted by atomic mass is 10.1. The first kappa shape index (κ1) is 17.5. The Kier molecular flexibility index (Phi) is 5.83. The van der Waals surface area contributed by atoms with Crippen molar-refractivity contribution in [3.8, 4) is 5.75 Å². The summed E-state index contributed by atoms with van der Waals surface area (Å²) < 4.78 is 5.41. The van der Waals surface area contributed by atoms with Gasteiger partial charge in [0.25, 0.3) is 5.91 Å². The molecule has 0 unspecified atom stereocenters. The van der Waals surface area contributed by atoms with Gasteiger partial charge in [-0.15, -0.1) is 0 Å². The molecule has 3 aromatic rings. The maximum absolute atomic E-state index is 11.9. The summed E-state index contributed by atoms with van der Waals surface area (Å²) in [5, 5.41) is 6.00. The van der Waals surface area contributed by atoms with Gasteiger partial charge < -0.3 is 15.4 Å². The molecule has 26 heavy (non-hydrogen) atoms. The van der Waals surface area contributed by atoms with Gasteiger partial charge in [0.1, 0.15) is 11.6 Å². The molecule has 0 fully saturated rings. The molecule has 0 saturated heterocycles. The molecule has 0 saturated carbocycles. The number of hydrogen-bond donors (Lipinski definition) is 2. The van der Waals surface area contributed by atoms with E-state index < -0.39 is 0 Å². The molecule has 0 bridgehead atoms. The van der Waals surface area contributed by atoms with E-state index in [1.165, 1.54) is 5.56 Å². The number of hydrogen-bond acceptors (Lipinski definition) is 4. The van der Waals surface area contributed by atoms with Gasteiger partial charge in [0.15, 0.2) is 6.61 Å². The highest BCUT2D eigenvalue weighted by Gasteiger charge is 2.05. The normalized spacial score (nSPS) is 10.2. The highest BCUT2D eigenvalue weighted by molar-refractivity contribution is 5.91. The molecule has 1 aromatic heterocycles. The summed E-state index contributed by atoms with van der Waals surface area (Å²) >= 11 is 0. The van der Waals surface area contributed by atoms with Crippen LogP contribution in [0.1, 0.15) is 12.5 Å². The maximum Gasteiger partial charge on any atom is 0.263 e. The molecular weight excluding hydrogens is 326 g/mol. The minimum atomic E-state index is -0.253. The molecule has 3 rings (SSSR count). The van der Waals surface area contributed by atoms with E-state index in [4.69, 9.17) is 4.74 Å². The Labute approximate surface area is 153 Å². The fourth-order valence-electron chi connectivity index (χ4n) is 2.38. The number of ether oxygens (including phenoxy) is 1. The second kappa shape index (κ2) is 8.67. The standard InChI is InChI=1S/C21H21N3O2/c1-2-16-8-10-17(11-9-16)23-18-12-13-20(22-14-18)24-21(25)15-26-19-6-4-3-5-7-19/h3-14,23H,2,15H2,1H3,(H,22,24,25). The van der Waals surface area contributed by atoms with E-state index in [0.29, 0.717) is 11.6 Å². The summed E-state index contributed by atoms with van der Waals surface area (Å²) in [7, 11) is 0. The SMILES string of the molecule is CCc1ccc(Nc2ccc(NC(=O)COc3ccccc3)nc2)cc1. The third kappa shape index (κ3) is 5.08. The third-order valence-electron chi connectivity index (χ3n) is 3.79. The van der Waals surface area contributed by atoms with Crippen molar-refractivity contribution in [3.63, 3.8) is 0 Å². The first-order valence-electron chi connectivity index (χ1n) is 8.52. The van der Waals surface area contributed by atoms with Crippen molar-refractivity contribution in [2.45, 2.75) is 13.3 Å². The number of carbonyl (C=O) groups is 1. The molecule has 2 N–H and O–H groups in total. The predicted molar refractivity (Wildman–Crippen MR) is 104 cm³/mol. The van der Waals surface area contributed by atoms with E-state index in [1.807, 2.05) is 36.4 Å². The number of benzene rings is 2. The third-order valence-corrected chi connectivity index (χ3v) is 3.79. The lowest BCUT2D eigenvalue weighted by molar-refractivity contribution is -0.118. The number of carbonyl (C=O) groups excluding carboxylic acids is 1. The van der Waals surface area contributed by atoms with Crippen LogP contribution in [-0.2, 0) is 11.2 Å². The Morgan fingerprint density at radius 2 is 1.69 bits per heavy atom. The van der Waals surface area contributed by atoms with Gasteiger partial charge in [-0.05, 0) is 48.4 Å². The van der Waals surface area contributed by atoms with Gasteiger partial charge in [-0.25, -0.2) is 4.98 Å². The molecule has 1 heterocycles. The van der Waals surface area contributed by atoms with Crippen LogP contribution >= 0.6 is 0 Å². The van der Waals surface area contributed by atoms with E-state index in [1.54, 1.807) is 24.4 Å². The minimum absolute atomic E-state index is 0.0600. The summed E-state index contributed by atoms with van der Waals surface area (Å²) in [5.41, 5.74) is 3.15. The van der Waals surface area contributed by atoms with Gasteiger partial charge in [-0.3, -0.25) is 4.79 Å². The fraction of sp³-hybridized carbons (Fsp3) is 0.143. The number of nitrogens with one attached hydrogen (secondary N) is 2. The quantitative estimate of drug-likeness (QED) is 0.665. The molecule has 0 aliphatic heterocycles. The van der Waals surface area contributed by atoms with Crippen molar-refractivity contribution in [3.05, 3.63) is 78.5 Å². The second-order valence-corrected chi connectivity index (χ2v) is 5.76. The van der Waals surface area contributed by atoms with Crippen LogP contribution in [0.3, 0.4) is 0 Å². The molecule has 132 valence electrons. The Hall–Kier alpha value is -3.34. The highest BCUT2D eigenvalue weighted by atomic mass is 16.5. The van der Waals surface area contributed by atoms with Crippen LogP contribution in [0.25, 0.3) is 0 Å². The number of pyridine rings is 1. The van der Waals surface area contributed by atoms with Gasteiger partial charge >= 0.3 is 0 Å². The largest absolute Gasteiger partial charge is 0.484 e. The summed E-state index contributed by atoms with van der Waals surface area (Å²) in [6, 6.07) is 21.1. The second-order valence-electron chi connectivity index (χ2n) is 5.76. The van der Waals surface area contributed by atoms with E-state index >= 15 is 0 Å². The van der Waals surface area contributed by atoms with E-state index in [0.717, 1.165) is 17.8 Å². The number of para-hydroxylation sites is 1. The van der Waals surface area contributed by atoms with E-state index in [2.05, 4.69) is 34.7 Å². The van der Waals surface area contributed by atoms with Crippen molar-refractivity contribution in [1.82, 2.24) is 4.98 Å². The number of aryl methyl sites for hydroxylation is 1. The molecule has 0 spiro atoms. The zero-order valence-electron chi connectivity index (χ0n) is 14.6. The number of anilines is 3. The van der Waals surface area contributed by atoms with E-state index in [-0.39, 0.29) is 12.5 Å². The average molecular weight is 347 g/mol. The van der Waals surface area contributed by atoms with Gasteiger partial charge in [-0.1, -0.05) is 37.3 Å². The number of nitrogens with zero attached hydrogens (tertiary/aromatic N) is 1. The van der Waals surface area contributed by atoms with Crippen molar-refractivity contribution in [1.29, 1.82) is 0 Å². The molecule has 2 aromatic carbocycles. The highest BCUT2D eigenvalue weighted by Crippen LogP contribution is 2.18. The van der Waals surface area contributed by atoms with Gasteiger partial charge in [0, 0.05) is 5.69 Å². The van der Waals surface area contributed by atoms with Crippen LogP contribution in [0, 0.1) is 0 Å². The lowest BCUT2D eigenvalue weighted by Gasteiger charge is -2.09. The van der Waals surface area contributed by atoms with Gasteiger partial charge in [-0.2, -0.15) is 0 Å². The van der Waals surface area contributed by atoms with Crippen molar-refractivity contribution in [2.75, 3.05) is 17.2 Å². The van der Waals surface area contributed by atoms with Crippen molar-refractivity contribution >= 4 is 23.1 Å². The Morgan fingerprint density at radius 3 is 2.35 bits per heavy atom. The Bertz CT molecular complexity index is 831. The van der Waals surface area contributed by atoms with Crippen molar-refractivity contribution < 1.29 is 9.53 Å². The average Bonchev–Trinajstić information content (AvgIpc) is 2.69. The molecule has 5 nitrogen and oxygen atoms in total. The molecule has 1 amide bonds. The summed E-state index contributed by atoms with van der Waals surface area (Å²) in [4.78, 5) is 16.2. The summed E-state index contributed by atoms with van der Waals surface area (Å²) in [6.07, 6.45) is 2.70. The van der Waals surface area contributed by atoms with Crippen LogP contribution in [-0.4, -0.2) is 17.5 Å². The fourth-order valence-corrected chi connectivity index (χ4v) is 2.38. The zero-order valence-corrected chi connectivity index (χ0v) is 14.6. The van der Waals surface area contributed by atoms with Crippen LogP contribution in [0.2, 0.25) is 0 Å². The Morgan fingerprint density at radius 1 is 0.962 bits per heavy atom. The van der Waals surface area contributed by atoms with Crippen LogP contribution < -0.4 is 15.4 Å². The van der Waals surface area contributed by atoms with Crippen molar-refractivity contribution in [2.24, 2.45) is 0 Å². The topological polar surface area (TPSA) is 63.2 Å². The first-order valence-corrected chi connectivity index (χ1v) is 8.52. The maximum atomic E-state index is 11.9. The van der Waals surface area contributed by atoms with Gasteiger partial charge in [0.05, 0.1) is 11.9 Å². The number of rotatable bonds is 7. The number of amides is 1. The predicted octanol–water partition coefficient (Wildman–Crippen LogP) is 4.41. The van der Waals surface area contributed by atoms with Crippen LogP contribution in [0.4, 0.5) is 17.2 Å². The summed E-state index contributed by atoms with van der Waals surface area (Å²) in [5.74, 6) is 0.889. The zero-order chi connectivity index (χ0) is 18.2. The van der Waals surface area contributed by atoms with Crippen LogP contribution in [0.5, 0.6) is 5.75 Å². The lowest BCUT2D eigenvalue weighted by Crippen LogP contribution is -2.20. The molecule has 0 radical (unpaired) electrons. The van der Waals surface area contributed by atoms with E-state index in [9.17, 15) is 4.79 Å². The minimum Gasteiger partial charge on any atom is -0.484 e. The monoisotopic (exact) mass is 347 g/mol. The molecule has 5 heteroatoms. The van der Waals surface area contributed by atoms with Crippen LogP contribution in [0.15, 0.2) is 72.9 Å². The molecular formula is C21H21N3O2. The number of aromatic nitrogens is 1. The Balaban J connectivity index is 1.51. The summed E-state index contributed by atoms with van der Waals surface area (Å²) in [6.45, 7) is 2.07.